The second-order valence-corrected chi connectivity index (χ2v) is 2.77. The highest BCUT2D eigenvalue weighted by atomic mass is 14.5. The second kappa shape index (κ2) is 3.54. The lowest BCUT2D eigenvalue weighted by atomic mass is 10.00. The van der Waals surface area contributed by atoms with Gasteiger partial charge in [-0.05, 0) is 30.0 Å². The lowest BCUT2D eigenvalue weighted by Gasteiger charge is -2.07. The molecule has 0 spiro atoms. The van der Waals surface area contributed by atoms with Crippen LogP contribution in [0.25, 0.3) is 0 Å². The minimum atomic E-state index is 0.658. The minimum Gasteiger partial charge on any atom is -0.326 e. The average Bonchev–Trinajstić information content (AvgIpc) is 2.04. The number of aryl methyl sites for hydroxylation is 1. The Morgan fingerprint density at radius 3 is 2.55 bits per heavy atom. The summed E-state index contributed by atoms with van der Waals surface area (Å²) in [6, 6.07) is 6.31. The summed E-state index contributed by atoms with van der Waals surface area (Å²) in [7, 11) is 0. The van der Waals surface area contributed by atoms with Crippen molar-refractivity contribution in [2.75, 3.05) is 0 Å². The lowest BCUT2D eigenvalue weighted by molar-refractivity contribution is 0.989. The van der Waals surface area contributed by atoms with Crippen molar-refractivity contribution in [3.05, 3.63) is 34.9 Å². The van der Waals surface area contributed by atoms with Gasteiger partial charge in [-0.1, -0.05) is 25.1 Å². The Bertz CT molecular complexity index is 241. The summed E-state index contributed by atoms with van der Waals surface area (Å²) < 4.78 is 0. The van der Waals surface area contributed by atoms with Crippen LogP contribution in [0.2, 0.25) is 0 Å². The fraction of sp³-hybridized carbons (Fsp3) is 0.400. The van der Waals surface area contributed by atoms with Crippen LogP contribution in [0.15, 0.2) is 18.2 Å². The third-order valence-corrected chi connectivity index (χ3v) is 2.08. The molecule has 0 bridgehead atoms. The largest absolute Gasteiger partial charge is 0.326 e. The van der Waals surface area contributed by atoms with E-state index in [1.807, 2.05) is 0 Å². The molecule has 0 saturated carbocycles. The molecule has 60 valence electrons. The Hall–Kier alpha value is -0.820. The Kier molecular flexibility index (Phi) is 2.66. The second-order valence-electron chi connectivity index (χ2n) is 2.77. The normalized spacial score (nSPS) is 10.1. The van der Waals surface area contributed by atoms with Crippen LogP contribution >= 0.6 is 0 Å². The summed E-state index contributed by atoms with van der Waals surface area (Å²) in [6.45, 7) is 4.96. The summed E-state index contributed by atoms with van der Waals surface area (Å²) >= 11 is 0. The van der Waals surface area contributed by atoms with Gasteiger partial charge in [-0.2, -0.15) is 0 Å². The van der Waals surface area contributed by atoms with Crippen molar-refractivity contribution in [3.63, 3.8) is 0 Å². The van der Waals surface area contributed by atoms with E-state index in [0.717, 1.165) is 6.42 Å². The van der Waals surface area contributed by atoms with Crippen LogP contribution in [0, 0.1) is 6.92 Å². The van der Waals surface area contributed by atoms with Gasteiger partial charge in [0.1, 0.15) is 0 Å². The maximum atomic E-state index is 5.60. The van der Waals surface area contributed by atoms with E-state index in [1.165, 1.54) is 16.7 Å². The van der Waals surface area contributed by atoms with E-state index in [1.54, 1.807) is 0 Å². The van der Waals surface area contributed by atoms with E-state index in [2.05, 4.69) is 32.0 Å². The molecule has 2 N–H and O–H groups in total. The van der Waals surface area contributed by atoms with Gasteiger partial charge < -0.3 is 5.73 Å². The van der Waals surface area contributed by atoms with Crippen LogP contribution in [0.1, 0.15) is 23.6 Å². The Morgan fingerprint density at radius 2 is 2.09 bits per heavy atom. The molecule has 1 aromatic rings. The van der Waals surface area contributed by atoms with Crippen LogP contribution in [-0.2, 0) is 13.0 Å². The van der Waals surface area contributed by atoms with Crippen LogP contribution in [0.4, 0.5) is 0 Å². The van der Waals surface area contributed by atoms with E-state index < -0.39 is 0 Å². The molecule has 0 aliphatic heterocycles. The molecule has 0 fully saturated rings. The van der Waals surface area contributed by atoms with Crippen molar-refractivity contribution in [2.45, 2.75) is 26.8 Å². The Labute approximate surface area is 68.2 Å². The molecular formula is C10H15N. The fourth-order valence-electron chi connectivity index (χ4n) is 1.46. The molecule has 0 unspecified atom stereocenters. The molecule has 1 rings (SSSR count). The van der Waals surface area contributed by atoms with Gasteiger partial charge in [0, 0.05) is 6.54 Å². The molecule has 11 heavy (non-hydrogen) atoms. The number of benzene rings is 1. The quantitative estimate of drug-likeness (QED) is 0.684. The van der Waals surface area contributed by atoms with Gasteiger partial charge in [-0.25, -0.2) is 0 Å². The van der Waals surface area contributed by atoms with Crippen molar-refractivity contribution in [1.82, 2.24) is 0 Å². The molecule has 0 amide bonds. The predicted octanol–water partition coefficient (Wildman–Crippen LogP) is 2.02. The molecule has 0 saturated heterocycles. The average molecular weight is 149 g/mol. The number of nitrogens with two attached hydrogens (primary N) is 1. The van der Waals surface area contributed by atoms with E-state index in [-0.39, 0.29) is 0 Å². The maximum absolute atomic E-state index is 5.60. The van der Waals surface area contributed by atoms with Crippen molar-refractivity contribution in [2.24, 2.45) is 5.73 Å². The van der Waals surface area contributed by atoms with Crippen molar-refractivity contribution in [3.8, 4) is 0 Å². The summed E-state index contributed by atoms with van der Waals surface area (Å²) in [5.41, 5.74) is 9.65. The Morgan fingerprint density at radius 1 is 1.36 bits per heavy atom. The first-order valence-electron chi connectivity index (χ1n) is 4.07. The number of hydrogen-bond donors (Lipinski definition) is 1. The zero-order valence-electron chi connectivity index (χ0n) is 7.22. The van der Waals surface area contributed by atoms with Crippen molar-refractivity contribution in [1.29, 1.82) is 0 Å². The molecule has 1 aromatic carbocycles. The first kappa shape index (κ1) is 8.28. The van der Waals surface area contributed by atoms with Crippen LogP contribution in [0.5, 0.6) is 0 Å². The standard InChI is InChI=1S/C10H15N/c1-3-10-8(2)5-4-6-9(10)7-11/h4-6H,3,7,11H2,1-2H3. The number of rotatable bonds is 2. The maximum Gasteiger partial charge on any atom is 0.0180 e. The van der Waals surface area contributed by atoms with Gasteiger partial charge in [0.15, 0.2) is 0 Å². The van der Waals surface area contributed by atoms with E-state index in [9.17, 15) is 0 Å². The summed E-state index contributed by atoms with van der Waals surface area (Å²) in [5.74, 6) is 0. The Balaban J connectivity index is 3.13. The zero-order valence-corrected chi connectivity index (χ0v) is 7.22. The topological polar surface area (TPSA) is 26.0 Å². The van der Waals surface area contributed by atoms with Gasteiger partial charge in [-0.15, -0.1) is 0 Å². The van der Waals surface area contributed by atoms with Gasteiger partial charge in [-0.3, -0.25) is 0 Å². The molecule has 0 atom stereocenters. The smallest absolute Gasteiger partial charge is 0.0180 e. The van der Waals surface area contributed by atoms with Gasteiger partial charge in [0.05, 0.1) is 0 Å². The third kappa shape index (κ3) is 1.60. The fourth-order valence-corrected chi connectivity index (χ4v) is 1.46. The summed E-state index contributed by atoms with van der Waals surface area (Å²) in [5, 5.41) is 0. The van der Waals surface area contributed by atoms with E-state index >= 15 is 0 Å². The van der Waals surface area contributed by atoms with Crippen molar-refractivity contribution < 1.29 is 0 Å². The molecule has 0 aromatic heterocycles. The first-order chi connectivity index (χ1) is 5.29. The van der Waals surface area contributed by atoms with E-state index in [4.69, 9.17) is 5.73 Å². The SMILES string of the molecule is CCc1c(C)cccc1CN. The molecule has 0 radical (unpaired) electrons. The van der Waals surface area contributed by atoms with Gasteiger partial charge in [0.2, 0.25) is 0 Å². The lowest BCUT2D eigenvalue weighted by Crippen LogP contribution is -2.02. The highest BCUT2D eigenvalue weighted by molar-refractivity contribution is 5.34. The van der Waals surface area contributed by atoms with Gasteiger partial charge in [0.25, 0.3) is 0 Å². The van der Waals surface area contributed by atoms with Crippen LogP contribution in [-0.4, -0.2) is 0 Å². The molecule has 0 aliphatic carbocycles. The molecule has 1 heteroatoms. The third-order valence-electron chi connectivity index (χ3n) is 2.08. The monoisotopic (exact) mass is 149 g/mol. The predicted molar refractivity (Wildman–Crippen MR) is 48.4 cm³/mol. The summed E-state index contributed by atoms with van der Waals surface area (Å²) in [6.07, 6.45) is 1.08. The highest BCUT2D eigenvalue weighted by Gasteiger charge is 1.99. The summed E-state index contributed by atoms with van der Waals surface area (Å²) in [4.78, 5) is 0. The molecule has 0 aliphatic rings. The number of hydrogen-bond acceptors (Lipinski definition) is 1. The van der Waals surface area contributed by atoms with Crippen LogP contribution < -0.4 is 5.73 Å². The molecular weight excluding hydrogens is 134 g/mol. The molecule has 0 heterocycles. The zero-order chi connectivity index (χ0) is 8.27. The highest BCUT2D eigenvalue weighted by Crippen LogP contribution is 2.13. The van der Waals surface area contributed by atoms with E-state index in [0.29, 0.717) is 6.54 Å². The van der Waals surface area contributed by atoms with Gasteiger partial charge >= 0.3 is 0 Å². The first-order valence-corrected chi connectivity index (χ1v) is 4.07. The van der Waals surface area contributed by atoms with Crippen LogP contribution in [0.3, 0.4) is 0 Å². The minimum absolute atomic E-state index is 0.658. The van der Waals surface area contributed by atoms with Crippen molar-refractivity contribution >= 4 is 0 Å². The molecule has 1 nitrogen and oxygen atoms in total.